The Bertz CT molecular complexity index is 705. The van der Waals surface area contributed by atoms with E-state index in [0.29, 0.717) is 5.92 Å². The second kappa shape index (κ2) is 13.9. The summed E-state index contributed by atoms with van der Waals surface area (Å²) in [7, 11) is 1.74. The monoisotopic (exact) mass is 478 g/mol. The quantitative estimate of drug-likeness (QED) is 0.327. The van der Waals surface area contributed by atoms with Crippen LogP contribution in [0.25, 0.3) is 0 Å². The van der Waals surface area contributed by atoms with E-state index in [1.54, 1.807) is 24.9 Å². The van der Waals surface area contributed by atoms with E-state index < -0.39 is 17.4 Å². The van der Waals surface area contributed by atoms with Crippen molar-refractivity contribution in [3.8, 4) is 0 Å². The lowest BCUT2D eigenvalue weighted by Crippen LogP contribution is -2.57. The van der Waals surface area contributed by atoms with Crippen LogP contribution in [0.3, 0.4) is 0 Å². The van der Waals surface area contributed by atoms with E-state index in [2.05, 4.69) is 33.0 Å². The third kappa shape index (κ3) is 7.84. The second-order valence-corrected chi connectivity index (χ2v) is 10.9. The zero-order chi connectivity index (χ0) is 26.1. The number of carbonyl (C=O) groups excluding carboxylic acids is 2. The van der Waals surface area contributed by atoms with Crippen molar-refractivity contribution in [3.05, 3.63) is 11.6 Å². The number of hydrogen-bond acceptors (Lipinski definition) is 3. The zero-order valence-corrected chi connectivity index (χ0v) is 22.9. The number of nitrogens with one attached hydrogen (secondary N) is 1. The summed E-state index contributed by atoms with van der Waals surface area (Å²) in [6, 6.07) is -0.930. The van der Waals surface area contributed by atoms with Gasteiger partial charge in [0.15, 0.2) is 0 Å². The summed E-state index contributed by atoms with van der Waals surface area (Å²) in [6.45, 7) is 14.0. The van der Waals surface area contributed by atoms with Crippen LogP contribution in [0, 0.1) is 23.2 Å². The number of aliphatic carboxylic acids is 1. The van der Waals surface area contributed by atoms with E-state index in [9.17, 15) is 19.5 Å². The highest BCUT2D eigenvalue weighted by molar-refractivity contribution is 5.91. The molecule has 1 aliphatic rings. The minimum absolute atomic E-state index is 0.00604. The van der Waals surface area contributed by atoms with Gasteiger partial charge in [0, 0.05) is 18.0 Å². The highest BCUT2D eigenvalue weighted by Crippen LogP contribution is 2.36. The van der Waals surface area contributed by atoms with Crippen LogP contribution >= 0.6 is 0 Å². The van der Waals surface area contributed by atoms with E-state index in [-0.39, 0.29) is 35.3 Å². The molecule has 6 nitrogen and oxygen atoms in total. The molecule has 0 spiro atoms. The number of nitrogens with zero attached hydrogens (tertiary/aromatic N) is 1. The molecular weight excluding hydrogens is 428 g/mol. The minimum atomic E-state index is -0.982. The standard InChI is InChI=1S/C28H50N2O4/c1-9-20(6)18-28(10-2,11-3)27(34)29-24(22-15-13-12-14-16-22)25(31)30(8)23(19(4)5)17-21(7)26(32)33/h17,19-20,22-24H,9-16,18H2,1-8H3,(H,29,34)(H,32,33)/b21-17+/t20?,23-,24+/m1/s1. The molecule has 1 saturated carbocycles. The third-order valence-corrected chi connectivity index (χ3v) is 8.18. The maximum Gasteiger partial charge on any atom is 0.331 e. The molecule has 0 aromatic rings. The third-order valence-electron chi connectivity index (χ3n) is 8.18. The molecule has 2 amide bonds. The van der Waals surface area contributed by atoms with Gasteiger partial charge in [-0.05, 0) is 56.8 Å². The molecule has 1 unspecified atom stereocenters. The van der Waals surface area contributed by atoms with Crippen molar-refractivity contribution in [2.45, 2.75) is 118 Å². The number of carboxylic acid groups (broad SMARTS) is 1. The normalized spacial score (nSPS) is 18.3. The number of carboxylic acids is 1. The van der Waals surface area contributed by atoms with Crippen LogP contribution in [0.5, 0.6) is 0 Å². The molecule has 0 bridgehead atoms. The predicted molar refractivity (Wildman–Crippen MR) is 138 cm³/mol. The molecule has 196 valence electrons. The Kier molecular flexibility index (Phi) is 12.3. The molecule has 0 radical (unpaired) electrons. The summed E-state index contributed by atoms with van der Waals surface area (Å²) in [4.78, 5) is 40.7. The van der Waals surface area contributed by atoms with Crippen LogP contribution in [-0.4, -0.2) is 46.9 Å². The highest BCUT2D eigenvalue weighted by atomic mass is 16.4. The van der Waals surface area contributed by atoms with Crippen LogP contribution in [0.4, 0.5) is 0 Å². The van der Waals surface area contributed by atoms with E-state index in [1.165, 1.54) is 0 Å². The van der Waals surface area contributed by atoms with Gasteiger partial charge in [0.2, 0.25) is 11.8 Å². The fraction of sp³-hybridized carbons (Fsp3) is 0.821. The van der Waals surface area contributed by atoms with Crippen molar-refractivity contribution in [1.29, 1.82) is 0 Å². The Morgan fingerprint density at radius 1 is 1.06 bits per heavy atom. The van der Waals surface area contributed by atoms with E-state index >= 15 is 0 Å². The Morgan fingerprint density at radius 2 is 1.62 bits per heavy atom. The van der Waals surface area contributed by atoms with Crippen LogP contribution < -0.4 is 5.32 Å². The van der Waals surface area contributed by atoms with Crippen molar-refractivity contribution in [2.24, 2.45) is 23.2 Å². The summed E-state index contributed by atoms with van der Waals surface area (Å²) in [5.74, 6) is -0.510. The summed E-state index contributed by atoms with van der Waals surface area (Å²) < 4.78 is 0. The molecule has 1 rings (SSSR count). The molecule has 0 aliphatic heterocycles. The first-order chi connectivity index (χ1) is 15.9. The van der Waals surface area contributed by atoms with Crippen LogP contribution in [0.15, 0.2) is 11.6 Å². The fourth-order valence-corrected chi connectivity index (χ4v) is 5.35. The summed E-state index contributed by atoms with van der Waals surface area (Å²) in [5, 5.41) is 12.6. The molecule has 0 saturated heterocycles. The maximum atomic E-state index is 13.9. The maximum absolute atomic E-state index is 13.9. The molecule has 2 N–H and O–H groups in total. The lowest BCUT2D eigenvalue weighted by atomic mass is 9.73. The van der Waals surface area contributed by atoms with Gasteiger partial charge >= 0.3 is 5.97 Å². The smallest absolute Gasteiger partial charge is 0.331 e. The lowest BCUT2D eigenvalue weighted by molar-refractivity contribution is -0.142. The number of rotatable bonds is 13. The first-order valence-electron chi connectivity index (χ1n) is 13.4. The molecule has 34 heavy (non-hydrogen) atoms. The van der Waals surface area contributed by atoms with Crippen molar-refractivity contribution in [1.82, 2.24) is 10.2 Å². The van der Waals surface area contributed by atoms with Crippen molar-refractivity contribution >= 4 is 17.8 Å². The molecule has 6 heteroatoms. The fourth-order valence-electron chi connectivity index (χ4n) is 5.35. The molecule has 0 heterocycles. The van der Waals surface area contributed by atoms with Crippen LogP contribution in [0.1, 0.15) is 106 Å². The first kappa shape index (κ1) is 30.2. The zero-order valence-electron chi connectivity index (χ0n) is 22.9. The minimum Gasteiger partial charge on any atom is -0.478 e. The molecule has 0 aromatic heterocycles. The van der Waals surface area contributed by atoms with Gasteiger partial charge in [-0.2, -0.15) is 0 Å². The Balaban J connectivity index is 3.30. The number of amides is 2. The van der Waals surface area contributed by atoms with E-state index in [1.807, 2.05) is 13.8 Å². The molecule has 1 aliphatic carbocycles. The largest absolute Gasteiger partial charge is 0.478 e. The molecule has 3 atom stereocenters. The second-order valence-electron chi connectivity index (χ2n) is 10.9. The van der Waals surface area contributed by atoms with Gasteiger partial charge in [0.25, 0.3) is 0 Å². The summed E-state index contributed by atoms with van der Waals surface area (Å²) in [6.07, 6.45) is 10.2. The van der Waals surface area contributed by atoms with E-state index in [0.717, 1.165) is 57.8 Å². The summed E-state index contributed by atoms with van der Waals surface area (Å²) >= 11 is 0. The van der Waals surface area contributed by atoms with Crippen molar-refractivity contribution in [2.75, 3.05) is 7.05 Å². The van der Waals surface area contributed by atoms with E-state index in [4.69, 9.17) is 0 Å². The van der Waals surface area contributed by atoms with Gasteiger partial charge in [0.1, 0.15) is 6.04 Å². The van der Waals surface area contributed by atoms with Gasteiger partial charge in [-0.1, -0.05) is 73.3 Å². The predicted octanol–water partition coefficient (Wildman–Crippen LogP) is 5.81. The van der Waals surface area contributed by atoms with Crippen LogP contribution in [0.2, 0.25) is 0 Å². The van der Waals surface area contributed by atoms with Gasteiger partial charge < -0.3 is 15.3 Å². The van der Waals surface area contributed by atoms with Gasteiger partial charge in [-0.25, -0.2) is 4.79 Å². The molecule has 0 aromatic carbocycles. The topological polar surface area (TPSA) is 86.7 Å². The Morgan fingerprint density at radius 3 is 2.06 bits per heavy atom. The van der Waals surface area contributed by atoms with Gasteiger partial charge in [0.05, 0.1) is 6.04 Å². The highest BCUT2D eigenvalue weighted by Gasteiger charge is 2.41. The SMILES string of the molecule is CCC(C)CC(CC)(CC)C(=O)N[C@H](C(=O)N(C)[C@H](/C=C(\C)C(=O)O)C(C)C)C1CCCCC1. The average molecular weight is 479 g/mol. The average Bonchev–Trinajstić information content (AvgIpc) is 2.83. The number of hydrogen-bond donors (Lipinski definition) is 2. The van der Waals surface area contributed by atoms with Crippen molar-refractivity contribution < 1.29 is 19.5 Å². The van der Waals surface area contributed by atoms with Crippen LogP contribution in [-0.2, 0) is 14.4 Å². The number of likely N-dealkylation sites (N-methyl/N-ethyl adjacent to an activating group) is 1. The Labute approximate surface area is 207 Å². The Hall–Kier alpha value is -1.85. The van der Waals surface area contributed by atoms with Gasteiger partial charge in [-0.3, -0.25) is 9.59 Å². The lowest BCUT2D eigenvalue weighted by Gasteiger charge is -2.39. The van der Waals surface area contributed by atoms with Gasteiger partial charge in [-0.15, -0.1) is 0 Å². The molecule has 1 fully saturated rings. The first-order valence-corrected chi connectivity index (χ1v) is 13.4. The number of carbonyl (C=O) groups is 3. The molecular formula is C28H50N2O4. The van der Waals surface area contributed by atoms with Crippen molar-refractivity contribution in [3.63, 3.8) is 0 Å². The summed E-state index contributed by atoms with van der Waals surface area (Å²) in [5.41, 5.74) is -0.250.